The lowest BCUT2D eigenvalue weighted by Gasteiger charge is -2.31. The maximum absolute atomic E-state index is 12.0. The van der Waals surface area contributed by atoms with Gasteiger partial charge in [0.25, 0.3) is 0 Å². The van der Waals surface area contributed by atoms with Crippen molar-refractivity contribution in [3.05, 3.63) is 22.7 Å². The first-order valence-electron chi connectivity index (χ1n) is 5.43. The minimum Gasteiger partial charge on any atom is -0.368 e. The van der Waals surface area contributed by atoms with Gasteiger partial charge in [-0.2, -0.15) is 0 Å². The van der Waals surface area contributed by atoms with Crippen molar-refractivity contribution in [1.82, 2.24) is 5.32 Å². The number of nitrogens with one attached hydrogen (secondary N) is 1. The summed E-state index contributed by atoms with van der Waals surface area (Å²) in [7, 11) is -0.935. The molecule has 16 heavy (non-hydrogen) atoms. The van der Waals surface area contributed by atoms with E-state index in [9.17, 15) is 4.21 Å². The maximum Gasteiger partial charge on any atom is 0.0811 e. The van der Waals surface area contributed by atoms with E-state index in [4.69, 9.17) is 11.6 Å². The summed E-state index contributed by atoms with van der Waals surface area (Å²) in [5.41, 5.74) is 2.33. The van der Waals surface area contributed by atoms with Gasteiger partial charge in [-0.1, -0.05) is 17.7 Å². The summed E-state index contributed by atoms with van der Waals surface area (Å²) in [5, 5.41) is 4.02. The molecule has 0 saturated carbocycles. The van der Waals surface area contributed by atoms with Crippen LogP contribution in [0, 0.1) is 0 Å². The van der Waals surface area contributed by atoms with Crippen LogP contribution in [0.15, 0.2) is 17.0 Å². The van der Waals surface area contributed by atoms with Crippen LogP contribution in [0.1, 0.15) is 5.56 Å². The van der Waals surface area contributed by atoms with Crippen molar-refractivity contribution in [2.75, 3.05) is 30.3 Å². The highest BCUT2D eigenvalue weighted by Gasteiger charge is 2.28. The van der Waals surface area contributed by atoms with E-state index in [-0.39, 0.29) is 0 Å². The molecular weight excluding hydrogens is 244 g/mol. The Balaban J connectivity index is 2.25. The van der Waals surface area contributed by atoms with Gasteiger partial charge in [0.05, 0.1) is 26.4 Å². The molecule has 0 amide bonds. The number of benzene rings is 1. The summed E-state index contributed by atoms with van der Waals surface area (Å²) >= 11 is 6.17. The molecule has 1 unspecified atom stereocenters. The Labute approximate surface area is 102 Å². The number of halogens is 1. The van der Waals surface area contributed by atoms with Crippen LogP contribution in [-0.4, -0.2) is 29.6 Å². The quantitative estimate of drug-likeness (QED) is 0.761. The molecule has 0 saturated heterocycles. The van der Waals surface area contributed by atoms with Gasteiger partial charge in [-0.25, -0.2) is 0 Å². The van der Waals surface area contributed by atoms with Gasteiger partial charge in [-0.3, -0.25) is 4.21 Å². The minimum atomic E-state index is -0.935. The molecule has 0 fully saturated rings. The number of hydrogen-bond acceptors (Lipinski definition) is 3. The normalized spacial score (nSPS) is 23.8. The summed E-state index contributed by atoms with van der Waals surface area (Å²) in [5.74, 6) is 0.691. The number of rotatable bonds is 0. The summed E-state index contributed by atoms with van der Waals surface area (Å²) in [6.07, 6.45) is 0. The van der Waals surface area contributed by atoms with Gasteiger partial charge in [0.15, 0.2) is 0 Å². The number of hydrogen-bond donors (Lipinski definition) is 1. The Morgan fingerprint density at radius 3 is 3.12 bits per heavy atom. The Hall–Kier alpha value is -0.580. The zero-order valence-electron chi connectivity index (χ0n) is 8.83. The fourth-order valence-corrected chi connectivity index (χ4v) is 4.12. The molecule has 86 valence electrons. The Morgan fingerprint density at radius 2 is 2.25 bits per heavy atom. The predicted molar refractivity (Wildman–Crippen MR) is 66.6 cm³/mol. The van der Waals surface area contributed by atoms with E-state index in [0.29, 0.717) is 10.8 Å². The largest absolute Gasteiger partial charge is 0.368 e. The second kappa shape index (κ2) is 4.02. The Kier molecular flexibility index (Phi) is 2.65. The third kappa shape index (κ3) is 1.56. The maximum atomic E-state index is 12.0. The van der Waals surface area contributed by atoms with Gasteiger partial charge in [0, 0.05) is 31.9 Å². The second-order valence-electron chi connectivity index (χ2n) is 4.10. The fourth-order valence-electron chi connectivity index (χ4n) is 2.36. The average Bonchev–Trinajstić information content (AvgIpc) is 2.48. The van der Waals surface area contributed by atoms with Crippen molar-refractivity contribution in [1.29, 1.82) is 0 Å². The lowest BCUT2D eigenvalue weighted by Crippen LogP contribution is -2.36. The minimum absolute atomic E-state index is 0.642. The highest BCUT2D eigenvalue weighted by atomic mass is 35.5. The van der Waals surface area contributed by atoms with E-state index in [0.717, 1.165) is 36.8 Å². The standard InChI is InChI=1S/C11H13ClN2OS/c12-9-2-1-8-7-13-3-4-14-5-6-16(15)11(9)10(8)14/h1-2,13H,3-7H2. The van der Waals surface area contributed by atoms with Crippen LogP contribution in [0.4, 0.5) is 5.69 Å². The third-order valence-corrected chi connectivity index (χ3v) is 4.98. The van der Waals surface area contributed by atoms with Crippen molar-refractivity contribution in [3.63, 3.8) is 0 Å². The van der Waals surface area contributed by atoms with E-state index in [1.165, 1.54) is 5.56 Å². The highest BCUT2D eigenvalue weighted by Crippen LogP contribution is 2.37. The van der Waals surface area contributed by atoms with Crippen LogP contribution in [0.3, 0.4) is 0 Å². The Bertz CT molecular complexity index is 464. The first-order valence-corrected chi connectivity index (χ1v) is 7.12. The van der Waals surface area contributed by atoms with Crippen LogP contribution in [-0.2, 0) is 17.3 Å². The van der Waals surface area contributed by atoms with E-state index >= 15 is 0 Å². The molecule has 0 radical (unpaired) electrons. The summed E-state index contributed by atoms with van der Waals surface area (Å²) < 4.78 is 12.0. The van der Waals surface area contributed by atoms with Crippen molar-refractivity contribution in [3.8, 4) is 0 Å². The molecule has 3 nitrogen and oxygen atoms in total. The second-order valence-corrected chi connectivity index (χ2v) is 6.01. The van der Waals surface area contributed by atoms with Crippen LogP contribution >= 0.6 is 11.6 Å². The van der Waals surface area contributed by atoms with Gasteiger partial charge >= 0.3 is 0 Å². The molecule has 2 heterocycles. The molecule has 5 heteroatoms. The fraction of sp³-hybridized carbons (Fsp3) is 0.455. The first kappa shape index (κ1) is 10.6. The highest BCUT2D eigenvalue weighted by molar-refractivity contribution is 7.85. The number of nitrogens with zero attached hydrogens (tertiary/aromatic N) is 1. The average molecular weight is 257 g/mol. The van der Waals surface area contributed by atoms with Gasteiger partial charge in [0.1, 0.15) is 0 Å². The molecule has 1 aromatic rings. The van der Waals surface area contributed by atoms with Crippen LogP contribution in [0.5, 0.6) is 0 Å². The molecule has 2 aliphatic rings. The van der Waals surface area contributed by atoms with Crippen molar-refractivity contribution in [2.45, 2.75) is 11.4 Å². The zero-order valence-corrected chi connectivity index (χ0v) is 10.4. The molecular formula is C11H13ClN2OS. The van der Waals surface area contributed by atoms with Crippen LogP contribution in [0.2, 0.25) is 5.02 Å². The van der Waals surface area contributed by atoms with Crippen LogP contribution < -0.4 is 10.2 Å². The van der Waals surface area contributed by atoms with E-state index in [1.807, 2.05) is 12.1 Å². The smallest absolute Gasteiger partial charge is 0.0811 e. The van der Waals surface area contributed by atoms with E-state index < -0.39 is 10.8 Å². The molecule has 1 aromatic carbocycles. The van der Waals surface area contributed by atoms with Gasteiger partial charge in [0.2, 0.25) is 0 Å². The lowest BCUT2D eigenvalue weighted by molar-refractivity contribution is 0.671. The lowest BCUT2D eigenvalue weighted by atomic mass is 10.1. The van der Waals surface area contributed by atoms with Gasteiger partial charge < -0.3 is 10.2 Å². The SMILES string of the molecule is O=S1CCN2CCNCc3ccc(Cl)c1c32. The Morgan fingerprint density at radius 1 is 1.38 bits per heavy atom. The van der Waals surface area contributed by atoms with Gasteiger partial charge in [-0.05, 0) is 11.6 Å². The predicted octanol–water partition coefficient (Wildman–Crippen LogP) is 1.37. The molecule has 0 aliphatic carbocycles. The summed E-state index contributed by atoms with van der Waals surface area (Å²) in [4.78, 5) is 3.15. The molecule has 1 N–H and O–H groups in total. The first-order chi connectivity index (χ1) is 7.77. The molecule has 1 atom stereocenters. The van der Waals surface area contributed by atoms with Crippen molar-refractivity contribution < 1.29 is 4.21 Å². The molecule has 0 spiro atoms. The van der Waals surface area contributed by atoms with Crippen molar-refractivity contribution >= 4 is 28.1 Å². The van der Waals surface area contributed by atoms with E-state index in [1.54, 1.807) is 0 Å². The zero-order chi connectivity index (χ0) is 11.1. The van der Waals surface area contributed by atoms with E-state index in [2.05, 4.69) is 10.2 Å². The number of anilines is 1. The van der Waals surface area contributed by atoms with Crippen molar-refractivity contribution in [2.24, 2.45) is 0 Å². The molecule has 3 rings (SSSR count). The molecule has 0 aromatic heterocycles. The summed E-state index contributed by atoms with van der Waals surface area (Å²) in [6.45, 7) is 3.65. The summed E-state index contributed by atoms with van der Waals surface area (Å²) in [6, 6.07) is 3.90. The topological polar surface area (TPSA) is 32.3 Å². The van der Waals surface area contributed by atoms with Crippen LogP contribution in [0.25, 0.3) is 0 Å². The molecule has 2 aliphatic heterocycles. The van der Waals surface area contributed by atoms with Gasteiger partial charge in [-0.15, -0.1) is 0 Å². The monoisotopic (exact) mass is 256 g/mol. The molecule has 0 bridgehead atoms. The third-order valence-electron chi connectivity index (χ3n) is 3.13.